The Morgan fingerprint density at radius 2 is 1.73 bits per heavy atom. The van der Waals surface area contributed by atoms with Crippen molar-refractivity contribution in [3.05, 3.63) is 114 Å². The number of carbonyl (C=O) groups is 2. The number of methoxy groups -OCH3 is 1. The molecule has 1 unspecified atom stereocenters. The molecule has 0 aliphatic heterocycles. The van der Waals surface area contributed by atoms with Crippen LogP contribution in [0.5, 0.6) is 5.75 Å². The fraction of sp³-hybridized carbons (Fsp3) is 0.188. The second kappa shape index (κ2) is 20.2. The van der Waals surface area contributed by atoms with Gasteiger partial charge in [0.25, 0.3) is 0 Å². The van der Waals surface area contributed by atoms with Gasteiger partial charge >= 0.3 is 0 Å². The van der Waals surface area contributed by atoms with Crippen LogP contribution in [0.3, 0.4) is 0 Å². The molecule has 0 bridgehead atoms. The maximum absolute atomic E-state index is 9.06. The molecule has 0 fully saturated rings. The molecule has 0 spiro atoms. The quantitative estimate of drug-likeness (QED) is 0.169. The van der Waals surface area contributed by atoms with Crippen molar-refractivity contribution in [3.63, 3.8) is 0 Å². The van der Waals surface area contributed by atoms with Crippen molar-refractivity contribution in [2.45, 2.75) is 25.9 Å². The van der Waals surface area contributed by atoms with Crippen molar-refractivity contribution in [2.75, 3.05) is 14.2 Å². The Morgan fingerprint density at radius 1 is 1.02 bits per heavy atom. The largest absolute Gasteiger partial charge is 0.497 e. The fourth-order valence-corrected chi connectivity index (χ4v) is 3.58. The number of carbonyl (C=O) groups excluding carboxylic acids is 2. The van der Waals surface area contributed by atoms with Crippen molar-refractivity contribution in [1.82, 2.24) is 10.6 Å². The number of ether oxygens (including phenoxy) is 1. The summed E-state index contributed by atoms with van der Waals surface area (Å²) in [6, 6.07) is 25.1. The topological polar surface area (TPSA) is 118 Å². The third kappa shape index (κ3) is 12.6. The van der Waals surface area contributed by atoms with Crippen molar-refractivity contribution in [3.8, 4) is 16.9 Å². The highest BCUT2D eigenvalue weighted by Crippen LogP contribution is 2.26. The normalized spacial score (nSPS) is 11.1. The summed E-state index contributed by atoms with van der Waals surface area (Å²) in [5, 5.41) is 6.67. The summed E-state index contributed by atoms with van der Waals surface area (Å²) >= 11 is 0. The molecule has 3 rings (SSSR count). The number of allylic oxidation sites excluding steroid dienone is 1. The van der Waals surface area contributed by atoms with Crippen molar-refractivity contribution < 1.29 is 14.3 Å². The molecule has 0 radical (unpaired) electrons. The van der Waals surface area contributed by atoms with Gasteiger partial charge in [0.05, 0.1) is 19.4 Å². The number of aldehydes is 1. The number of nitrogens with one attached hydrogen (secondary N) is 2. The average Bonchev–Trinajstić information content (AvgIpc) is 2.99. The van der Waals surface area contributed by atoms with Gasteiger partial charge in [-0.25, -0.2) is 4.99 Å². The zero-order valence-electron chi connectivity index (χ0n) is 23.4. The molecule has 0 heterocycles. The predicted molar refractivity (Wildman–Crippen MR) is 166 cm³/mol. The molecule has 0 aromatic heterocycles. The first-order chi connectivity index (χ1) is 19.5. The Kier molecular flexibility index (Phi) is 16.8. The van der Waals surface area contributed by atoms with Crippen LogP contribution in [0.25, 0.3) is 11.1 Å². The molecule has 210 valence electrons. The minimum atomic E-state index is 0.0367. The molecule has 1 amide bonds. The Bertz CT molecular complexity index is 1250. The number of nitrogens with two attached hydrogens (primary N) is 1. The summed E-state index contributed by atoms with van der Waals surface area (Å²) in [4.78, 5) is 26.2. The fourth-order valence-electron chi connectivity index (χ4n) is 3.58. The molecule has 40 heavy (non-hydrogen) atoms. The second-order valence-electron chi connectivity index (χ2n) is 8.29. The highest BCUT2D eigenvalue weighted by Gasteiger charge is 2.10. The standard InChI is InChI=1S/C28H32N4O.C3H4O.CH3NO/c1-21(25-15-23(19-29-2)16-26(18-25)24-10-6-5-7-11-24)32-28(30-3)20-31-14-13-22-9-8-12-27(17-22)33-4;1-2-3-4;2-1-3/h5-12,14-18,20-21,29,32H,3,13,19H2,1-2,4H3;2-3H,1H2;1H,(H2,2,3)/b28-20+,31-14?;;. The zero-order valence-corrected chi connectivity index (χ0v) is 23.4. The minimum Gasteiger partial charge on any atom is -0.497 e. The van der Waals surface area contributed by atoms with Crippen LogP contribution in [-0.2, 0) is 22.6 Å². The van der Waals surface area contributed by atoms with Gasteiger partial charge in [-0.2, -0.15) is 0 Å². The number of benzene rings is 3. The Morgan fingerprint density at radius 3 is 2.33 bits per heavy atom. The number of amides is 1. The third-order valence-corrected chi connectivity index (χ3v) is 5.40. The molecule has 8 heteroatoms. The molecular weight excluding hydrogens is 502 g/mol. The van der Waals surface area contributed by atoms with Crippen LogP contribution in [0.2, 0.25) is 0 Å². The van der Waals surface area contributed by atoms with Gasteiger partial charge in [-0.1, -0.05) is 55.1 Å². The lowest BCUT2D eigenvalue weighted by Crippen LogP contribution is -2.17. The predicted octanol–water partition coefficient (Wildman–Crippen LogP) is 5.02. The Hall–Kier alpha value is -4.82. The molecule has 3 aromatic rings. The number of primary amides is 1. The van der Waals surface area contributed by atoms with Crippen molar-refractivity contribution in [1.29, 1.82) is 0 Å². The van der Waals surface area contributed by atoms with Crippen LogP contribution >= 0.6 is 0 Å². The Balaban J connectivity index is 0.00000103. The summed E-state index contributed by atoms with van der Waals surface area (Å²) in [7, 11) is 3.63. The van der Waals surface area contributed by atoms with Crippen LogP contribution in [-0.4, -0.2) is 39.8 Å². The van der Waals surface area contributed by atoms with E-state index in [1.807, 2.05) is 43.6 Å². The van der Waals surface area contributed by atoms with E-state index in [0.29, 0.717) is 18.5 Å². The summed E-state index contributed by atoms with van der Waals surface area (Å²) in [5.41, 5.74) is 10.1. The van der Waals surface area contributed by atoms with Crippen LogP contribution in [0.4, 0.5) is 0 Å². The number of hydrogen-bond donors (Lipinski definition) is 3. The monoisotopic (exact) mass is 541 g/mol. The third-order valence-electron chi connectivity index (χ3n) is 5.40. The number of hydrogen-bond acceptors (Lipinski definition) is 7. The lowest BCUT2D eigenvalue weighted by atomic mass is 9.97. The summed E-state index contributed by atoms with van der Waals surface area (Å²) in [6.45, 7) is 9.73. The number of nitrogens with zero attached hydrogens (tertiary/aromatic N) is 2. The van der Waals surface area contributed by atoms with Gasteiger partial charge in [0, 0.05) is 19.2 Å². The smallest absolute Gasteiger partial charge is 0.204 e. The van der Waals surface area contributed by atoms with Crippen LogP contribution in [0.15, 0.2) is 107 Å². The first kappa shape index (κ1) is 33.2. The first-order valence-electron chi connectivity index (χ1n) is 12.6. The van der Waals surface area contributed by atoms with Gasteiger partial charge in [-0.3, -0.25) is 14.6 Å². The molecule has 0 aliphatic rings. The maximum Gasteiger partial charge on any atom is 0.204 e. The lowest BCUT2D eigenvalue weighted by molar-refractivity contribution is -0.107. The van der Waals surface area contributed by atoms with E-state index < -0.39 is 0 Å². The molecule has 1 atom stereocenters. The van der Waals surface area contributed by atoms with Crippen molar-refractivity contribution >= 4 is 25.6 Å². The first-order valence-corrected chi connectivity index (χ1v) is 12.6. The van der Waals surface area contributed by atoms with E-state index in [4.69, 9.17) is 14.3 Å². The van der Waals surface area contributed by atoms with Crippen molar-refractivity contribution in [2.24, 2.45) is 15.7 Å². The van der Waals surface area contributed by atoms with E-state index in [9.17, 15) is 0 Å². The summed E-state index contributed by atoms with van der Waals surface area (Å²) in [5.74, 6) is 1.47. The molecule has 0 saturated heterocycles. The minimum absolute atomic E-state index is 0.0367. The van der Waals surface area contributed by atoms with Gasteiger partial charge in [-0.05, 0) is 78.8 Å². The molecule has 3 aromatic carbocycles. The SMILES string of the molecule is C=CC=O.C=N/C(=C\N=CCc1cccc(OC)c1)NC(C)c1cc(CNC)cc(-c2ccccc2)c1.NC=O. The number of aliphatic imine (C=N–C) groups is 2. The molecule has 0 aliphatic carbocycles. The van der Waals surface area contributed by atoms with E-state index in [1.165, 1.54) is 28.3 Å². The van der Waals surface area contributed by atoms with Crippen LogP contribution < -0.4 is 21.1 Å². The molecule has 0 saturated carbocycles. The summed E-state index contributed by atoms with van der Waals surface area (Å²) in [6.07, 6.45) is 6.35. The van der Waals surface area contributed by atoms with E-state index in [0.717, 1.165) is 17.9 Å². The molecule has 4 N–H and O–H groups in total. The van der Waals surface area contributed by atoms with Crippen LogP contribution in [0.1, 0.15) is 29.7 Å². The van der Waals surface area contributed by atoms with E-state index in [1.54, 1.807) is 13.3 Å². The van der Waals surface area contributed by atoms with E-state index in [2.05, 4.69) is 89.0 Å². The molecular formula is C32H39N5O3. The lowest BCUT2D eigenvalue weighted by Gasteiger charge is -2.18. The van der Waals surface area contributed by atoms with Gasteiger partial charge in [0.2, 0.25) is 6.41 Å². The van der Waals surface area contributed by atoms with Crippen LogP contribution in [0, 0.1) is 0 Å². The molecule has 8 nitrogen and oxygen atoms in total. The second-order valence-corrected chi connectivity index (χ2v) is 8.29. The zero-order chi connectivity index (χ0) is 29.6. The average molecular weight is 542 g/mol. The highest BCUT2D eigenvalue weighted by molar-refractivity contribution is 5.65. The number of rotatable bonds is 12. The van der Waals surface area contributed by atoms with Gasteiger partial charge in [-0.15, -0.1) is 0 Å². The van der Waals surface area contributed by atoms with E-state index >= 15 is 0 Å². The van der Waals surface area contributed by atoms with Gasteiger partial charge < -0.3 is 21.1 Å². The van der Waals surface area contributed by atoms with E-state index in [-0.39, 0.29) is 12.5 Å². The van der Waals surface area contributed by atoms with Gasteiger partial charge in [0.1, 0.15) is 17.9 Å². The highest BCUT2D eigenvalue weighted by atomic mass is 16.5. The van der Waals surface area contributed by atoms with Gasteiger partial charge in [0.15, 0.2) is 0 Å². The maximum atomic E-state index is 9.06. The summed E-state index contributed by atoms with van der Waals surface area (Å²) < 4.78 is 5.27. The Labute approximate surface area is 237 Å².